The van der Waals surface area contributed by atoms with Gasteiger partial charge in [-0.1, -0.05) is 86.6 Å². The number of non-ortho nitro benzene ring substituents is 1. The summed E-state index contributed by atoms with van der Waals surface area (Å²) in [6, 6.07) is 25.0. The second kappa shape index (κ2) is 36.6. The van der Waals surface area contributed by atoms with Crippen molar-refractivity contribution >= 4 is 47.3 Å². The summed E-state index contributed by atoms with van der Waals surface area (Å²) in [6.07, 6.45) is -1.44. The van der Waals surface area contributed by atoms with Crippen LogP contribution in [0.2, 0.25) is 0 Å². The Balaban J connectivity index is 0.899. The Kier molecular flexibility index (Phi) is 29.0. The highest BCUT2D eigenvalue weighted by Gasteiger charge is 2.33. The van der Waals surface area contributed by atoms with E-state index in [1.54, 1.807) is 38.1 Å². The molecular formula is C59H76N6O18. The number of nitrogens with zero attached hydrogens (tertiary/aromatic N) is 1. The molecule has 0 unspecified atom stereocenters. The van der Waals surface area contributed by atoms with Gasteiger partial charge in [-0.3, -0.25) is 29.3 Å². The molecule has 0 heterocycles. The van der Waals surface area contributed by atoms with Gasteiger partial charge in [0.25, 0.3) is 5.69 Å². The highest BCUT2D eigenvalue weighted by molar-refractivity contribution is 5.95. The van der Waals surface area contributed by atoms with E-state index in [4.69, 9.17) is 48.4 Å². The number of ketones is 2. The molecule has 24 nitrogen and oxygen atoms in total. The van der Waals surface area contributed by atoms with E-state index in [1.807, 2.05) is 24.3 Å². The number of nitrogens with one attached hydrogen (secondary N) is 4. The molecule has 0 saturated carbocycles. The number of hydrogen-bond donors (Lipinski definition) is 5. The van der Waals surface area contributed by atoms with Gasteiger partial charge in [-0.2, -0.15) is 0 Å². The van der Waals surface area contributed by atoms with Crippen molar-refractivity contribution < 1.29 is 81.1 Å². The number of nitro benzene ring substituents is 1. The summed E-state index contributed by atoms with van der Waals surface area (Å²) >= 11 is 0. The van der Waals surface area contributed by atoms with Crippen LogP contribution in [0.3, 0.4) is 0 Å². The summed E-state index contributed by atoms with van der Waals surface area (Å²) < 4.78 is 49.2. The van der Waals surface area contributed by atoms with Crippen LogP contribution in [0.5, 0.6) is 5.75 Å². The number of amides is 5. The maximum absolute atomic E-state index is 13.9. The third-order valence-electron chi connectivity index (χ3n) is 13.0. The molecule has 0 bridgehead atoms. The van der Waals surface area contributed by atoms with Crippen molar-refractivity contribution in [3.8, 4) is 16.9 Å². The van der Waals surface area contributed by atoms with Crippen LogP contribution in [0.4, 0.5) is 20.1 Å². The topological polar surface area (TPSA) is 320 Å². The lowest BCUT2D eigenvalue weighted by molar-refractivity contribution is -0.384. The van der Waals surface area contributed by atoms with Gasteiger partial charge in [0.1, 0.15) is 25.0 Å². The van der Waals surface area contributed by atoms with Crippen molar-refractivity contribution in [3.05, 3.63) is 129 Å². The number of fused-ring (bicyclic) bond motifs is 3. The van der Waals surface area contributed by atoms with Gasteiger partial charge in [0.15, 0.2) is 11.6 Å². The maximum atomic E-state index is 13.9. The fourth-order valence-electron chi connectivity index (χ4n) is 8.72. The molecule has 1 aliphatic carbocycles. The Morgan fingerprint density at radius 2 is 1.16 bits per heavy atom. The Morgan fingerprint density at radius 3 is 1.70 bits per heavy atom. The average Bonchev–Trinajstić information content (AvgIpc) is 2.98. The molecule has 24 heteroatoms. The van der Waals surface area contributed by atoms with E-state index in [2.05, 4.69) is 45.5 Å². The minimum atomic E-state index is -1.06. The van der Waals surface area contributed by atoms with Crippen molar-refractivity contribution in [1.29, 1.82) is 0 Å². The second-order valence-corrected chi connectivity index (χ2v) is 19.5. The van der Waals surface area contributed by atoms with Crippen molar-refractivity contribution in [2.24, 2.45) is 17.6 Å². The first kappa shape index (κ1) is 65.9. The molecule has 5 rings (SSSR count). The monoisotopic (exact) mass is 1160 g/mol. The molecular weight excluding hydrogens is 1080 g/mol. The lowest BCUT2D eigenvalue weighted by Crippen LogP contribution is -2.48. The Labute approximate surface area is 482 Å². The summed E-state index contributed by atoms with van der Waals surface area (Å²) in [6.45, 7) is 8.47. The predicted octanol–water partition coefficient (Wildman–Crippen LogP) is 5.73. The second-order valence-electron chi connectivity index (χ2n) is 19.5. The van der Waals surface area contributed by atoms with E-state index in [1.165, 1.54) is 42.3 Å². The molecule has 4 aromatic rings. The van der Waals surface area contributed by atoms with E-state index < -0.39 is 58.8 Å². The van der Waals surface area contributed by atoms with Crippen molar-refractivity contribution in [3.63, 3.8) is 0 Å². The molecule has 6 N–H and O–H groups in total. The Bertz CT molecular complexity index is 2660. The van der Waals surface area contributed by atoms with Gasteiger partial charge in [-0.05, 0) is 64.3 Å². The van der Waals surface area contributed by atoms with Crippen LogP contribution in [0.25, 0.3) is 11.1 Å². The Morgan fingerprint density at radius 1 is 0.614 bits per heavy atom. The molecule has 0 aromatic heterocycles. The van der Waals surface area contributed by atoms with Gasteiger partial charge in [-0.25, -0.2) is 14.4 Å². The SMILES string of the molecule is CC(=O)N[C@@H](COCCOCCOCCOCCOCCOCCNC(=O)OCC1c2ccccc2-c2ccccc21)C(=O)C[C@H](C(=O)N[C@@H](CCCNC(N)=O)C(=O)Cc1ccc(COC(=O)Oc2ccc([N+](=O)[O-])cc2)cc1)C(C)C. The van der Waals surface area contributed by atoms with Crippen LogP contribution in [0, 0.1) is 22.0 Å². The summed E-state index contributed by atoms with van der Waals surface area (Å²) in [4.78, 5) is 99.6. The molecule has 0 spiro atoms. The smallest absolute Gasteiger partial charge is 0.449 e. The van der Waals surface area contributed by atoms with Gasteiger partial charge in [0.2, 0.25) is 11.8 Å². The number of nitro groups is 1. The highest BCUT2D eigenvalue weighted by atomic mass is 16.7. The van der Waals surface area contributed by atoms with E-state index >= 15 is 0 Å². The number of alkyl carbamates (subject to hydrolysis) is 1. The highest BCUT2D eigenvalue weighted by Crippen LogP contribution is 2.44. The van der Waals surface area contributed by atoms with Gasteiger partial charge in [-0.15, -0.1) is 0 Å². The minimum absolute atomic E-state index is 0.00716. The van der Waals surface area contributed by atoms with Gasteiger partial charge in [0, 0.05) is 56.8 Å². The first-order valence-electron chi connectivity index (χ1n) is 27.5. The third-order valence-corrected chi connectivity index (χ3v) is 13.0. The number of benzene rings is 4. The Hall–Kier alpha value is -7.87. The van der Waals surface area contributed by atoms with Crippen LogP contribution < -0.4 is 31.7 Å². The summed E-state index contributed by atoms with van der Waals surface area (Å²) in [7, 11) is 0. The van der Waals surface area contributed by atoms with Crippen LogP contribution in [-0.2, 0) is 70.1 Å². The zero-order valence-electron chi connectivity index (χ0n) is 47.1. The lowest BCUT2D eigenvalue weighted by atomic mass is 9.87. The number of hydrogen-bond acceptors (Lipinski definition) is 18. The first-order chi connectivity index (χ1) is 40.1. The quantitative estimate of drug-likeness (QED) is 0.0117. The molecule has 1 aliphatic rings. The molecule has 0 saturated heterocycles. The number of primary amides is 1. The number of urea groups is 1. The van der Waals surface area contributed by atoms with Crippen LogP contribution in [-0.4, -0.2) is 158 Å². The summed E-state index contributed by atoms with van der Waals surface area (Å²) in [5, 5.41) is 21.5. The fourth-order valence-corrected chi connectivity index (χ4v) is 8.72. The summed E-state index contributed by atoms with van der Waals surface area (Å²) in [5.74, 6) is -2.99. The standard InChI is InChI=1S/C59H76N6O18/c1-40(2)50(56(69)64-52(13-8-22-61-57(60)70)54(67)35-42-14-16-43(17-15-42)37-82-59(72)83-45-20-18-44(19-21-45)65(73)74)36-55(68)53(63-41(3)66)39-80-34-33-79-32-31-78-30-29-77-28-27-76-26-25-75-24-23-62-58(71)81-38-51-48-11-6-4-9-46(48)47-10-5-7-12-49(47)51/h4-7,9-12,14-21,40,50-53H,8,13,22-39H2,1-3H3,(H,62,71)(H,63,66)(H,64,69)(H3,60,61,70)/t50-,52-,53-/m0/s1. The predicted molar refractivity (Wildman–Crippen MR) is 301 cm³/mol. The molecule has 5 amide bonds. The number of carbonyl (C=O) groups excluding carboxylic acids is 7. The number of Topliss-reactive ketones (excluding diaryl/α,β-unsaturated/α-hetero) is 2. The average molecular weight is 1160 g/mol. The minimum Gasteiger partial charge on any atom is -0.449 e. The van der Waals surface area contributed by atoms with E-state index in [-0.39, 0.29) is 94.5 Å². The molecule has 450 valence electrons. The van der Waals surface area contributed by atoms with Crippen molar-refractivity contribution in [1.82, 2.24) is 21.3 Å². The fraction of sp³-hybridized carbons (Fsp3) is 0.475. The number of ether oxygens (including phenoxy) is 9. The zero-order chi connectivity index (χ0) is 59.8. The largest absolute Gasteiger partial charge is 0.514 e. The number of rotatable bonds is 40. The van der Waals surface area contributed by atoms with Crippen LogP contribution in [0.15, 0.2) is 97.1 Å². The molecule has 3 atom stereocenters. The van der Waals surface area contributed by atoms with Crippen molar-refractivity contribution in [2.45, 2.75) is 71.1 Å². The van der Waals surface area contributed by atoms with Gasteiger partial charge < -0.3 is 69.6 Å². The zero-order valence-corrected chi connectivity index (χ0v) is 47.1. The van der Waals surface area contributed by atoms with E-state index in [9.17, 15) is 43.7 Å². The molecule has 0 fully saturated rings. The van der Waals surface area contributed by atoms with Gasteiger partial charge in [0.05, 0.1) is 90.2 Å². The lowest BCUT2D eigenvalue weighted by Gasteiger charge is -2.26. The van der Waals surface area contributed by atoms with Crippen LogP contribution in [0.1, 0.15) is 68.2 Å². The molecule has 4 aromatic carbocycles. The van der Waals surface area contributed by atoms with E-state index in [0.29, 0.717) is 76.9 Å². The van der Waals surface area contributed by atoms with E-state index in [0.717, 1.165) is 11.1 Å². The third kappa shape index (κ3) is 24.2. The molecule has 83 heavy (non-hydrogen) atoms. The number of nitrogens with two attached hydrogens (primary N) is 1. The summed E-state index contributed by atoms with van der Waals surface area (Å²) in [5.41, 5.74) is 10.9. The van der Waals surface area contributed by atoms with Crippen LogP contribution >= 0.6 is 0 Å². The number of carbonyl (C=O) groups is 7. The van der Waals surface area contributed by atoms with Gasteiger partial charge >= 0.3 is 18.3 Å². The van der Waals surface area contributed by atoms with Crippen molar-refractivity contribution in [2.75, 3.05) is 99.0 Å². The molecule has 0 radical (unpaired) electrons. The normalized spacial score (nSPS) is 12.7. The molecule has 0 aliphatic heterocycles. The first-order valence-corrected chi connectivity index (χ1v) is 27.5. The maximum Gasteiger partial charge on any atom is 0.514 e.